The first-order valence-corrected chi connectivity index (χ1v) is 14.9. The van der Waals surface area contributed by atoms with Crippen LogP contribution in [0.3, 0.4) is 0 Å². The van der Waals surface area contributed by atoms with Gasteiger partial charge in [0.05, 0.1) is 16.2 Å². The summed E-state index contributed by atoms with van der Waals surface area (Å²) in [6.45, 7) is 0. The molecule has 0 spiro atoms. The largest absolute Gasteiger partial charge is 0.477 e. The molecule has 1 unspecified atom stereocenters. The summed E-state index contributed by atoms with van der Waals surface area (Å²) >= 11 is 4.82. The van der Waals surface area contributed by atoms with E-state index >= 15 is 0 Å². The monoisotopic (exact) mass is 610 g/mol. The number of allylic oxidation sites excluding steroid dienone is 1. The predicted molar refractivity (Wildman–Crippen MR) is 146 cm³/mol. The van der Waals surface area contributed by atoms with Gasteiger partial charge in [-0.05, 0) is 46.7 Å². The van der Waals surface area contributed by atoms with Crippen LogP contribution in [0.4, 0.5) is 13.2 Å². The van der Waals surface area contributed by atoms with Crippen molar-refractivity contribution < 1.29 is 32.7 Å². The number of nitrogens with one attached hydrogen (secondary N) is 1. The van der Waals surface area contributed by atoms with E-state index in [-0.39, 0.29) is 33.9 Å². The third kappa shape index (κ3) is 5.64. The highest BCUT2D eigenvalue weighted by atomic mass is 32.2. The zero-order valence-corrected chi connectivity index (χ0v) is 22.8. The number of aliphatic carboxylic acids is 1. The predicted octanol–water partition coefficient (Wildman–Crippen LogP) is 4.93. The molecule has 1 fully saturated rings. The standard InChI is InChI=1S/C25H17F3N2O5S4/c26-25(27,28)13-3-4-15-16(31)10-19(39-17(15)8-13)37-7-5-12-11-38-23-20(22(33)30(23)21(12)24(34)35)29-18(32)9-14-2-1-6-36-14/h1-8,10,20,23H,9,11H2,(H,29,32)(H,34,35)/t20?,23-/m0/s1. The maximum absolute atomic E-state index is 13.1. The van der Waals surface area contributed by atoms with Crippen LogP contribution in [0.25, 0.3) is 10.1 Å². The number of carboxylic acid groups (broad SMARTS) is 1. The molecular weight excluding hydrogens is 594 g/mol. The van der Waals surface area contributed by atoms with Crippen molar-refractivity contribution in [2.45, 2.75) is 28.2 Å². The molecule has 14 heteroatoms. The summed E-state index contributed by atoms with van der Waals surface area (Å²) < 4.78 is 39.9. The SMILES string of the molecule is O=C(Cc1cccs1)NC1C(=O)N2C(C(=O)O)=C(C=CSc3cc(=O)c4ccc(C(F)(F)F)cc4s3)CS[C@@H]12. The maximum atomic E-state index is 13.1. The smallest absolute Gasteiger partial charge is 0.416 e. The molecule has 2 aliphatic rings. The molecule has 0 bridgehead atoms. The van der Waals surface area contributed by atoms with Crippen molar-refractivity contribution in [2.24, 2.45) is 0 Å². The van der Waals surface area contributed by atoms with Gasteiger partial charge in [-0.25, -0.2) is 4.79 Å². The van der Waals surface area contributed by atoms with Gasteiger partial charge in [0.25, 0.3) is 5.91 Å². The van der Waals surface area contributed by atoms with Crippen LogP contribution >= 0.6 is 46.2 Å². The number of β-lactam (4-membered cyclic amide) rings is 1. The summed E-state index contributed by atoms with van der Waals surface area (Å²) in [7, 11) is 0. The van der Waals surface area contributed by atoms with Crippen molar-refractivity contribution in [2.75, 3.05) is 5.75 Å². The number of hydrogen-bond acceptors (Lipinski definition) is 8. The van der Waals surface area contributed by atoms with Gasteiger partial charge < -0.3 is 10.4 Å². The van der Waals surface area contributed by atoms with Crippen molar-refractivity contribution in [3.63, 3.8) is 0 Å². The molecule has 2 amide bonds. The lowest BCUT2D eigenvalue weighted by Crippen LogP contribution is -2.70. The van der Waals surface area contributed by atoms with Crippen molar-refractivity contribution in [1.82, 2.24) is 10.2 Å². The lowest BCUT2D eigenvalue weighted by Gasteiger charge is -2.49. The number of thiophene rings is 1. The number of nitrogens with zero attached hydrogens (tertiary/aromatic N) is 1. The molecule has 2 N–H and O–H groups in total. The Morgan fingerprint density at radius 1 is 1.21 bits per heavy atom. The Morgan fingerprint density at radius 2 is 2.00 bits per heavy atom. The number of hydrogen-bond donors (Lipinski definition) is 2. The van der Waals surface area contributed by atoms with E-state index in [0.29, 0.717) is 9.78 Å². The van der Waals surface area contributed by atoms with E-state index in [1.165, 1.54) is 40.6 Å². The third-order valence-electron chi connectivity index (χ3n) is 5.92. The van der Waals surface area contributed by atoms with Gasteiger partial charge in [0.2, 0.25) is 5.91 Å². The minimum Gasteiger partial charge on any atom is -0.477 e. The Balaban J connectivity index is 1.31. The first-order valence-electron chi connectivity index (χ1n) is 11.2. The summed E-state index contributed by atoms with van der Waals surface area (Å²) in [6, 6.07) is 7.08. The molecule has 2 aromatic heterocycles. The number of halogens is 3. The summed E-state index contributed by atoms with van der Waals surface area (Å²) in [4.78, 5) is 51.6. The van der Waals surface area contributed by atoms with E-state index in [1.54, 1.807) is 0 Å². The Labute approximate surface area is 235 Å². The van der Waals surface area contributed by atoms with Crippen LogP contribution in [0.2, 0.25) is 0 Å². The molecule has 0 saturated carbocycles. The second kappa shape index (κ2) is 10.8. The number of carbonyl (C=O) groups excluding carboxylic acids is 2. The lowest BCUT2D eigenvalue weighted by atomic mass is 10.0. The van der Waals surface area contributed by atoms with E-state index in [0.717, 1.165) is 51.1 Å². The fraction of sp³-hybridized carbons (Fsp3) is 0.200. The molecule has 202 valence electrons. The number of fused-ring (bicyclic) bond motifs is 2. The molecule has 4 heterocycles. The van der Waals surface area contributed by atoms with Gasteiger partial charge in [-0.3, -0.25) is 19.3 Å². The fourth-order valence-corrected chi connectivity index (χ4v) is 8.16. The molecule has 7 nitrogen and oxygen atoms in total. The Morgan fingerprint density at radius 3 is 2.69 bits per heavy atom. The first kappa shape index (κ1) is 27.5. The van der Waals surface area contributed by atoms with Crippen LogP contribution in [0.15, 0.2) is 73.5 Å². The third-order valence-corrected chi connectivity index (χ3v) is 10.1. The molecule has 1 aromatic carbocycles. The van der Waals surface area contributed by atoms with Crippen molar-refractivity contribution in [1.29, 1.82) is 0 Å². The van der Waals surface area contributed by atoms with Crippen LogP contribution in [-0.4, -0.2) is 45.0 Å². The van der Waals surface area contributed by atoms with Gasteiger partial charge in [0.1, 0.15) is 17.1 Å². The molecule has 2 aliphatic heterocycles. The van der Waals surface area contributed by atoms with Gasteiger partial charge in [0, 0.05) is 26.8 Å². The summed E-state index contributed by atoms with van der Waals surface area (Å²) in [6.07, 6.45) is -2.89. The van der Waals surface area contributed by atoms with E-state index in [1.807, 2.05) is 17.5 Å². The van der Waals surface area contributed by atoms with E-state index < -0.39 is 40.5 Å². The van der Waals surface area contributed by atoms with Crippen LogP contribution in [-0.2, 0) is 27.0 Å². The summed E-state index contributed by atoms with van der Waals surface area (Å²) in [5.41, 5.74) is -1.10. The molecule has 39 heavy (non-hydrogen) atoms. The van der Waals surface area contributed by atoms with E-state index in [4.69, 9.17) is 0 Å². The van der Waals surface area contributed by atoms with Gasteiger partial charge in [-0.2, -0.15) is 13.2 Å². The highest BCUT2D eigenvalue weighted by Gasteiger charge is 2.53. The van der Waals surface area contributed by atoms with Gasteiger partial charge >= 0.3 is 12.1 Å². The molecule has 0 aliphatic carbocycles. The first-order chi connectivity index (χ1) is 18.5. The minimum atomic E-state index is -4.54. The number of carboxylic acids is 1. The van der Waals surface area contributed by atoms with E-state index in [9.17, 15) is 37.5 Å². The lowest BCUT2D eigenvalue weighted by molar-refractivity contribution is -0.150. The zero-order valence-electron chi connectivity index (χ0n) is 19.6. The number of amides is 2. The quantitative estimate of drug-likeness (QED) is 0.289. The second-order valence-corrected chi connectivity index (χ2v) is 12.9. The second-order valence-electron chi connectivity index (χ2n) is 8.45. The molecule has 3 aromatic rings. The molecule has 5 rings (SSSR count). The Bertz CT molecular complexity index is 1600. The summed E-state index contributed by atoms with van der Waals surface area (Å²) in [5, 5.41) is 15.5. The topological polar surface area (TPSA) is 104 Å². The zero-order chi connectivity index (χ0) is 27.9. The molecular formula is C25H17F3N2O5S4. The Kier molecular flexibility index (Phi) is 7.64. The van der Waals surface area contributed by atoms with Gasteiger partial charge in [-0.1, -0.05) is 17.8 Å². The fourth-order valence-electron chi connectivity index (χ4n) is 4.12. The van der Waals surface area contributed by atoms with Gasteiger partial charge in [0.15, 0.2) is 5.43 Å². The number of thioether (sulfide) groups is 2. The minimum absolute atomic E-state index is 0.129. The highest BCUT2D eigenvalue weighted by Crippen LogP contribution is 2.41. The number of rotatable bonds is 7. The highest BCUT2D eigenvalue weighted by molar-refractivity contribution is 8.04. The van der Waals surface area contributed by atoms with Crippen molar-refractivity contribution in [3.05, 3.63) is 85.2 Å². The maximum Gasteiger partial charge on any atom is 0.416 e. The van der Waals surface area contributed by atoms with E-state index in [2.05, 4.69) is 5.32 Å². The van der Waals surface area contributed by atoms with Crippen LogP contribution < -0.4 is 10.7 Å². The average molecular weight is 611 g/mol. The number of benzene rings is 1. The van der Waals surface area contributed by atoms with Gasteiger partial charge in [-0.15, -0.1) is 34.4 Å². The average Bonchev–Trinajstić information content (AvgIpc) is 3.39. The van der Waals surface area contributed by atoms with Crippen LogP contribution in [0.5, 0.6) is 0 Å². The van der Waals surface area contributed by atoms with Crippen LogP contribution in [0, 0.1) is 0 Å². The number of carbonyl (C=O) groups is 3. The van der Waals surface area contributed by atoms with Crippen LogP contribution in [0.1, 0.15) is 10.4 Å². The van der Waals surface area contributed by atoms with Crippen molar-refractivity contribution >= 4 is 74.1 Å². The molecule has 2 atom stereocenters. The Hall–Kier alpha value is -3.07. The number of alkyl halides is 3. The summed E-state index contributed by atoms with van der Waals surface area (Å²) in [5.74, 6) is -1.88. The molecule has 0 radical (unpaired) electrons. The molecule has 1 saturated heterocycles. The normalized spacial score (nSPS) is 19.4. The van der Waals surface area contributed by atoms with Crippen molar-refractivity contribution in [3.8, 4) is 0 Å².